The summed E-state index contributed by atoms with van der Waals surface area (Å²) in [5.74, 6) is 0.734. The van der Waals surface area contributed by atoms with Crippen molar-refractivity contribution >= 4 is 21.4 Å². The molecular weight excluding hydrogens is 426 g/mol. The highest BCUT2D eigenvalue weighted by Crippen LogP contribution is 2.45. The molecule has 168 valence electrons. The number of carbonyl (C=O) groups is 1. The van der Waals surface area contributed by atoms with Gasteiger partial charge in [0.1, 0.15) is 12.4 Å². The molecule has 1 amide bonds. The zero-order chi connectivity index (χ0) is 22.9. The molecule has 32 heavy (non-hydrogen) atoms. The summed E-state index contributed by atoms with van der Waals surface area (Å²) in [5, 5.41) is 11.7. The van der Waals surface area contributed by atoms with Crippen molar-refractivity contribution in [3.63, 3.8) is 0 Å². The molecule has 0 radical (unpaired) electrons. The number of ether oxygens (including phenoxy) is 1. The molecule has 0 unspecified atom stereocenters. The van der Waals surface area contributed by atoms with E-state index < -0.39 is 20.5 Å². The second kappa shape index (κ2) is 8.57. The van der Waals surface area contributed by atoms with Crippen molar-refractivity contribution in [3.8, 4) is 11.8 Å². The molecule has 0 aliphatic carbocycles. The van der Waals surface area contributed by atoms with Gasteiger partial charge in [0.15, 0.2) is 9.84 Å². The fraction of sp³-hybridized carbons (Fsp3) is 0.417. The largest absolute Gasteiger partial charge is 0.492 e. The summed E-state index contributed by atoms with van der Waals surface area (Å²) in [4.78, 5) is 15.1. The fourth-order valence-corrected chi connectivity index (χ4v) is 5.16. The van der Waals surface area contributed by atoms with Crippen molar-refractivity contribution in [2.75, 3.05) is 37.8 Å². The summed E-state index contributed by atoms with van der Waals surface area (Å²) in [7, 11) is -3.13. The average Bonchev–Trinajstić information content (AvgIpc) is 3.05. The van der Waals surface area contributed by atoms with E-state index in [0.717, 1.165) is 36.4 Å². The van der Waals surface area contributed by atoms with E-state index in [4.69, 9.17) is 4.74 Å². The molecule has 2 aliphatic rings. The third-order valence-electron chi connectivity index (χ3n) is 6.72. The number of nitriles is 1. The minimum atomic E-state index is -3.13. The lowest BCUT2D eigenvalue weighted by Crippen LogP contribution is -2.47. The molecule has 1 saturated heterocycles. The van der Waals surface area contributed by atoms with Crippen LogP contribution in [-0.4, -0.2) is 51.7 Å². The molecule has 0 aromatic heterocycles. The zero-order valence-corrected chi connectivity index (χ0v) is 19.1. The fourth-order valence-electron chi connectivity index (χ4n) is 4.51. The van der Waals surface area contributed by atoms with E-state index in [1.165, 1.54) is 6.26 Å². The topological polar surface area (TPSA) is 99.5 Å². The molecule has 2 aliphatic heterocycles. The molecule has 1 atom stereocenters. The Hall–Kier alpha value is -2.89. The number of nitrogens with zero attached hydrogens (tertiary/aromatic N) is 2. The van der Waals surface area contributed by atoms with Crippen LogP contribution in [-0.2, 0) is 20.0 Å². The second-order valence-corrected chi connectivity index (χ2v) is 11.0. The molecule has 0 bridgehead atoms. The smallest absolute Gasteiger partial charge is 0.235 e. The number of hydrogen-bond donors (Lipinski definition) is 1. The number of carbonyl (C=O) groups excluding carboxylic acids is 1. The van der Waals surface area contributed by atoms with Gasteiger partial charge in [-0.15, -0.1) is 0 Å². The molecule has 2 aromatic carbocycles. The van der Waals surface area contributed by atoms with Gasteiger partial charge in [-0.2, -0.15) is 5.26 Å². The molecule has 1 fully saturated rings. The Morgan fingerprint density at radius 2 is 1.88 bits per heavy atom. The Labute approximate surface area is 188 Å². The number of benzene rings is 2. The van der Waals surface area contributed by atoms with Crippen molar-refractivity contribution in [2.45, 2.75) is 30.4 Å². The van der Waals surface area contributed by atoms with Crippen molar-refractivity contribution in [1.82, 2.24) is 4.90 Å². The summed E-state index contributed by atoms with van der Waals surface area (Å²) in [6.07, 6.45) is 2.65. The number of sulfone groups is 1. The van der Waals surface area contributed by atoms with E-state index in [1.54, 1.807) is 37.3 Å². The van der Waals surface area contributed by atoms with Crippen LogP contribution in [0.1, 0.15) is 41.7 Å². The minimum Gasteiger partial charge on any atom is -0.492 e. The van der Waals surface area contributed by atoms with Gasteiger partial charge in [0.25, 0.3) is 0 Å². The van der Waals surface area contributed by atoms with Crippen molar-refractivity contribution < 1.29 is 17.9 Å². The van der Waals surface area contributed by atoms with Crippen LogP contribution < -0.4 is 10.1 Å². The Bertz CT molecular complexity index is 1160. The maximum atomic E-state index is 12.8. The standard InChI is InChI=1S/C24H27N3O4S/c1-17(32(2,29)30)19-4-6-20(7-5-19)31-14-13-27-11-9-24(10-12-27)21-15-18(16-25)3-8-22(21)26-23(24)28/h3-8,15,17H,9-14H2,1-2H3,(H,26,28)/t17-/m0/s1. The number of fused-ring (bicyclic) bond motifs is 2. The molecule has 7 nitrogen and oxygen atoms in total. The summed E-state index contributed by atoms with van der Waals surface area (Å²) in [6.45, 7) is 4.48. The SMILES string of the molecule is C[C@@H](c1ccc(OCCN2CCC3(CC2)C(=O)Nc2ccc(C#N)cc23)cc1)S(C)(=O)=O. The Morgan fingerprint density at radius 1 is 1.19 bits per heavy atom. The van der Waals surface area contributed by atoms with Crippen LogP contribution in [0.5, 0.6) is 5.75 Å². The van der Waals surface area contributed by atoms with Crippen LogP contribution in [0.2, 0.25) is 0 Å². The lowest BCUT2D eigenvalue weighted by atomic mass is 9.73. The number of hydrogen-bond acceptors (Lipinski definition) is 6. The molecule has 4 rings (SSSR count). The summed E-state index contributed by atoms with van der Waals surface area (Å²) in [6, 6.07) is 14.8. The van der Waals surface area contributed by atoms with E-state index in [1.807, 2.05) is 12.1 Å². The first-order valence-electron chi connectivity index (χ1n) is 10.7. The number of likely N-dealkylation sites (tertiary alicyclic amines) is 1. The van der Waals surface area contributed by atoms with Crippen molar-refractivity contribution in [1.29, 1.82) is 5.26 Å². The quantitative estimate of drug-likeness (QED) is 0.722. The number of nitrogens with one attached hydrogen (secondary N) is 1. The van der Waals surface area contributed by atoms with Gasteiger partial charge in [0, 0.05) is 18.5 Å². The summed E-state index contributed by atoms with van der Waals surface area (Å²) < 4.78 is 29.3. The summed E-state index contributed by atoms with van der Waals surface area (Å²) >= 11 is 0. The van der Waals surface area contributed by atoms with Crippen LogP contribution in [0.15, 0.2) is 42.5 Å². The van der Waals surface area contributed by atoms with Gasteiger partial charge in [0.2, 0.25) is 5.91 Å². The monoisotopic (exact) mass is 453 g/mol. The second-order valence-electron chi connectivity index (χ2n) is 8.64. The highest BCUT2D eigenvalue weighted by Gasteiger charge is 2.48. The first-order chi connectivity index (χ1) is 15.2. The van der Waals surface area contributed by atoms with Gasteiger partial charge < -0.3 is 10.1 Å². The van der Waals surface area contributed by atoms with Crippen molar-refractivity contribution in [3.05, 3.63) is 59.2 Å². The van der Waals surface area contributed by atoms with E-state index >= 15 is 0 Å². The van der Waals surface area contributed by atoms with Gasteiger partial charge >= 0.3 is 0 Å². The number of anilines is 1. The lowest BCUT2D eigenvalue weighted by molar-refractivity contribution is -0.122. The van der Waals surface area contributed by atoms with E-state index in [2.05, 4.69) is 16.3 Å². The number of rotatable bonds is 6. The Kier molecular flexibility index (Phi) is 5.97. The predicted octanol–water partition coefficient (Wildman–Crippen LogP) is 3.03. The maximum Gasteiger partial charge on any atom is 0.235 e. The van der Waals surface area contributed by atoms with Gasteiger partial charge in [-0.25, -0.2) is 8.42 Å². The molecule has 2 aromatic rings. The first kappa shape index (κ1) is 22.3. The first-order valence-corrected chi connectivity index (χ1v) is 12.7. The van der Waals surface area contributed by atoms with Gasteiger partial charge in [-0.05, 0) is 74.3 Å². The minimum absolute atomic E-state index is 0.0295. The van der Waals surface area contributed by atoms with Gasteiger partial charge in [-0.1, -0.05) is 12.1 Å². The van der Waals surface area contributed by atoms with Gasteiger partial charge in [-0.3, -0.25) is 9.69 Å². The highest BCUT2D eigenvalue weighted by molar-refractivity contribution is 7.90. The normalized spacial score (nSPS) is 18.6. The zero-order valence-electron chi connectivity index (χ0n) is 18.3. The molecular formula is C24H27N3O4S. The predicted molar refractivity (Wildman–Crippen MR) is 122 cm³/mol. The molecule has 1 spiro atoms. The maximum absolute atomic E-state index is 12.8. The Morgan fingerprint density at radius 3 is 2.50 bits per heavy atom. The van der Waals surface area contributed by atoms with Crippen LogP contribution in [0, 0.1) is 11.3 Å². The third-order valence-corrected chi connectivity index (χ3v) is 8.28. The van der Waals surface area contributed by atoms with Crippen LogP contribution in [0.3, 0.4) is 0 Å². The Balaban J connectivity index is 1.31. The van der Waals surface area contributed by atoms with E-state index in [9.17, 15) is 18.5 Å². The van der Waals surface area contributed by atoms with Crippen LogP contribution >= 0.6 is 0 Å². The van der Waals surface area contributed by atoms with Crippen LogP contribution in [0.25, 0.3) is 0 Å². The highest BCUT2D eigenvalue weighted by atomic mass is 32.2. The number of piperidine rings is 1. The lowest BCUT2D eigenvalue weighted by Gasteiger charge is -2.37. The number of amides is 1. The van der Waals surface area contributed by atoms with Crippen LogP contribution in [0.4, 0.5) is 5.69 Å². The summed E-state index contributed by atoms with van der Waals surface area (Å²) in [5.41, 5.74) is 2.54. The molecule has 1 N–H and O–H groups in total. The van der Waals surface area contributed by atoms with Gasteiger partial charge in [0.05, 0.1) is 22.3 Å². The van der Waals surface area contributed by atoms with Crippen molar-refractivity contribution in [2.24, 2.45) is 0 Å². The average molecular weight is 454 g/mol. The third kappa shape index (κ3) is 4.23. The van der Waals surface area contributed by atoms with E-state index in [0.29, 0.717) is 30.8 Å². The molecule has 8 heteroatoms. The molecule has 2 heterocycles. The van der Waals surface area contributed by atoms with E-state index in [-0.39, 0.29) is 5.91 Å². The molecule has 0 saturated carbocycles.